The van der Waals surface area contributed by atoms with E-state index in [1.165, 1.54) is 5.56 Å². The Labute approximate surface area is 155 Å². The van der Waals surface area contributed by atoms with Gasteiger partial charge in [0.25, 0.3) is 0 Å². The van der Waals surface area contributed by atoms with Crippen LogP contribution < -0.4 is 9.64 Å². The minimum Gasteiger partial charge on any atom is -0.492 e. The largest absolute Gasteiger partial charge is 0.492 e. The number of hydrogen-bond acceptors (Lipinski definition) is 3. The first kappa shape index (κ1) is 18.1. The summed E-state index contributed by atoms with van der Waals surface area (Å²) in [5, 5.41) is 0. The number of para-hydroxylation sites is 2. The first-order valence-electron chi connectivity index (χ1n) is 9.18. The van der Waals surface area contributed by atoms with Gasteiger partial charge in [-0.15, -0.1) is 0 Å². The van der Waals surface area contributed by atoms with E-state index >= 15 is 0 Å². The molecule has 0 aliphatic carbocycles. The second-order valence-electron chi connectivity index (χ2n) is 6.40. The minimum atomic E-state index is 0.0750. The highest BCUT2D eigenvalue weighted by Crippen LogP contribution is 2.28. The molecule has 2 aromatic carbocycles. The zero-order valence-electron chi connectivity index (χ0n) is 15.5. The van der Waals surface area contributed by atoms with Gasteiger partial charge < -0.3 is 14.5 Å². The van der Waals surface area contributed by atoms with E-state index in [1.54, 1.807) is 6.08 Å². The third-order valence-corrected chi connectivity index (χ3v) is 4.69. The number of nitrogens with zero attached hydrogens (tertiary/aromatic N) is 2. The van der Waals surface area contributed by atoms with Crippen molar-refractivity contribution in [1.29, 1.82) is 0 Å². The van der Waals surface area contributed by atoms with Crippen LogP contribution in [0.5, 0.6) is 5.75 Å². The number of piperazine rings is 1. The van der Waals surface area contributed by atoms with Crippen LogP contribution in [0, 0.1) is 6.92 Å². The predicted octanol–water partition coefficient (Wildman–Crippen LogP) is 3.76. The van der Waals surface area contributed by atoms with Gasteiger partial charge in [0.05, 0.1) is 12.3 Å². The maximum atomic E-state index is 12.5. The Bertz CT molecular complexity index is 777. The fraction of sp³-hybridized carbons (Fsp3) is 0.318. The van der Waals surface area contributed by atoms with Crippen LogP contribution in [0.3, 0.4) is 0 Å². The molecule has 0 bridgehead atoms. The number of anilines is 1. The van der Waals surface area contributed by atoms with Gasteiger partial charge in [-0.05, 0) is 43.2 Å². The summed E-state index contributed by atoms with van der Waals surface area (Å²) in [5.41, 5.74) is 3.37. The first-order chi connectivity index (χ1) is 12.7. The maximum Gasteiger partial charge on any atom is 0.246 e. The van der Waals surface area contributed by atoms with Crippen molar-refractivity contribution in [3.63, 3.8) is 0 Å². The number of benzene rings is 2. The molecule has 0 unspecified atom stereocenters. The van der Waals surface area contributed by atoms with Crippen molar-refractivity contribution in [2.24, 2.45) is 0 Å². The highest BCUT2D eigenvalue weighted by molar-refractivity contribution is 5.92. The first-order valence-corrected chi connectivity index (χ1v) is 9.18. The van der Waals surface area contributed by atoms with Crippen LogP contribution in [0.1, 0.15) is 18.1 Å². The van der Waals surface area contributed by atoms with Crippen molar-refractivity contribution in [2.75, 3.05) is 37.7 Å². The molecule has 0 spiro atoms. The number of rotatable bonds is 5. The Morgan fingerprint density at radius 2 is 1.73 bits per heavy atom. The van der Waals surface area contributed by atoms with E-state index in [9.17, 15) is 4.79 Å². The Morgan fingerprint density at radius 1 is 1.04 bits per heavy atom. The van der Waals surface area contributed by atoms with E-state index in [-0.39, 0.29) is 5.91 Å². The van der Waals surface area contributed by atoms with Gasteiger partial charge in [0.2, 0.25) is 5.91 Å². The molecule has 1 fully saturated rings. The fourth-order valence-corrected chi connectivity index (χ4v) is 3.20. The molecular formula is C22H26N2O2. The summed E-state index contributed by atoms with van der Waals surface area (Å²) in [7, 11) is 0. The van der Waals surface area contributed by atoms with Crippen LogP contribution in [-0.4, -0.2) is 43.6 Å². The number of carbonyl (C=O) groups is 1. The average Bonchev–Trinajstić information content (AvgIpc) is 2.68. The summed E-state index contributed by atoms with van der Waals surface area (Å²) in [6, 6.07) is 16.2. The topological polar surface area (TPSA) is 32.8 Å². The molecule has 0 aromatic heterocycles. The molecular weight excluding hydrogens is 324 g/mol. The Balaban J connectivity index is 1.60. The average molecular weight is 350 g/mol. The molecule has 1 saturated heterocycles. The van der Waals surface area contributed by atoms with Gasteiger partial charge in [0.1, 0.15) is 5.75 Å². The zero-order valence-corrected chi connectivity index (χ0v) is 15.5. The molecule has 0 saturated carbocycles. The lowest BCUT2D eigenvalue weighted by Gasteiger charge is -2.36. The van der Waals surface area contributed by atoms with Crippen LogP contribution in [0.25, 0.3) is 6.08 Å². The van der Waals surface area contributed by atoms with E-state index in [0.29, 0.717) is 6.61 Å². The molecule has 1 heterocycles. The molecule has 0 atom stereocenters. The van der Waals surface area contributed by atoms with Crippen molar-refractivity contribution in [3.8, 4) is 5.75 Å². The molecule has 3 rings (SSSR count). The predicted molar refractivity (Wildman–Crippen MR) is 107 cm³/mol. The standard InChI is InChI=1S/C22H26N2O2/c1-3-26-21-11-7-6-10-20(21)23-14-16-24(17-15-23)22(25)13-12-19-9-5-4-8-18(19)2/h4-13H,3,14-17H2,1-2H3/b13-12+. The van der Waals surface area contributed by atoms with Gasteiger partial charge in [-0.2, -0.15) is 0 Å². The van der Waals surface area contributed by atoms with Crippen LogP contribution in [0.15, 0.2) is 54.6 Å². The van der Waals surface area contributed by atoms with Gasteiger partial charge in [0, 0.05) is 32.3 Å². The van der Waals surface area contributed by atoms with Gasteiger partial charge >= 0.3 is 0 Å². The minimum absolute atomic E-state index is 0.0750. The lowest BCUT2D eigenvalue weighted by Crippen LogP contribution is -2.48. The molecule has 0 N–H and O–H groups in total. The second-order valence-corrected chi connectivity index (χ2v) is 6.40. The summed E-state index contributed by atoms with van der Waals surface area (Å²) in [4.78, 5) is 16.7. The van der Waals surface area contributed by atoms with Crippen LogP contribution in [-0.2, 0) is 4.79 Å². The van der Waals surface area contributed by atoms with Crippen molar-refractivity contribution in [3.05, 3.63) is 65.7 Å². The summed E-state index contributed by atoms with van der Waals surface area (Å²) >= 11 is 0. The second kappa shape index (κ2) is 8.56. The van der Waals surface area contributed by atoms with Crippen molar-refractivity contribution >= 4 is 17.7 Å². The lowest BCUT2D eigenvalue weighted by molar-refractivity contribution is -0.126. The molecule has 1 aliphatic rings. The number of hydrogen-bond donors (Lipinski definition) is 0. The third-order valence-electron chi connectivity index (χ3n) is 4.69. The lowest BCUT2D eigenvalue weighted by atomic mass is 10.1. The summed E-state index contributed by atoms with van der Waals surface area (Å²) in [6.07, 6.45) is 3.60. The number of amides is 1. The Kier molecular flexibility index (Phi) is 5.95. The van der Waals surface area contributed by atoms with E-state index < -0.39 is 0 Å². The van der Waals surface area contributed by atoms with Crippen LogP contribution >= 0.6 is 0 Å². The molecule has 1 amide bonds. The van der Waals surface area contributed by atoms with E-state index in [2.05, 4.69) is 24.0 Å². The van der Waals surface area contributed by atoms with E-state index in [1.807, 2.05) is 54.3 Å². The van der Waals surface area contributed by atoms with Crippen molar-refractivity contribution in [1.82, 2.24) is 4.90 Å². The molecule has 2 aromatic rings. The van der Waals surface area contributed by atoms with Crippen LogP contribution in [0.2, 0.25) is 0 Å². The maximum absolute atomic E-state index is 12.5. The van der Waals surface area contributed by atoms with Gasteiger partial charge in [-0.25, -0.2) is 0 Å². The number of aryl methyl sites for hydroxylation is 1. The Hall–Kier alpha value is -2.75. The third kappa shape index (κ3) is 4.26. The molecule has 136 valence electrons. The SMILES string of the molecule is CCOc1ccccc1N1CCN(C(=O)/C=C/c2ccccc2C)CC1. The molecule has 4 heteroatoms. The monoisotopic (exact) mass is 350 g/mol. The van der Waals surface area contributed by atoms with Crippen LogP contribution in [0.4, 0.5) is 5.69 Å². The highest BCUT2D eigenvalue weighted by atomic mass is 16.5. The zero-order chi connectivity index (χ0) is 18.4. The van der Waals surface area contributed by atoms with Crippen molar-refractivity contribution < 1.29 is 9.53 Å². The fourth-order valence-electron chi connectivity index (χ4n) is 3.20. The van der Waals surface area contributed by atoms with Crippen molar-refractivity contribution in [2.45, 2.75) is 13.8 Å². The van der Waals surface area contributed by atoms with Gasteiger partial charge in [0.15, 0.2) is 0 Å². The van der Waals surface area contributed by atoms with E-state index in [0.717, 1.165) is 43.2 Å². The number of carbonyl (C=O) groups excluding carboxylic acids is 1. The Morgan fingerprint density at radius 3 is 2.46 bits per heavy atom. The molecule has 0 radical (unpaired) electrons. The quantitative estimate of drug-likeness (QED) is 0.770. The molecule has 1 aliphatic heterocycles. The summed E-state index contributed by atoms with van der Waals surface area (Å²) in [6.45, 7) is 7.77. The molecule has 4 nitrogen and oxygen atoms in total. The van der Waals surface area contributed by atoms with Gasteiger partial charge in [-0.1, -0.05) is 36.4 Å². The summed E-state index contributed by atoms with van der Waals surface area (Å²) < 4.78 is 5.73. The smallest absolute Gasteiger partial charge is 0.246 e. The normalized spacial score (nSPS) is 14.7. The van der Waals surface area contributed by atoms with Gasteiger partial charge in [-0.3, -0.25) is 4.79 Å². The number of ether oxygens (including phenoxy) is 1. The molecule has 26 heavy (non-hydrogen) atoms. The highest BCUT2D eigenvalue weighted by Gasteiger charge is 2.21. The van der Waals surface area contributed by atoms with E-state index in [4.69, 9.17) is 4.74 Å². The summed E-state index contributed by atoms with van der Waals surface area (Å²) in [5.74, 6) is 0.986.